The lowest BCUT2D eigenvalue weighted by Gasteiger charge is -2.08. The van der Waals surface area contributed by atoms with E-state index < -0.39 is 0 Å². The molecular weight excluding hydrogens is 288 g/mol. The lowest BCUT2D eigenvalue weighted by Crippen LogP contribution is -2.35. The van der Waals surface area contributed by atoms with Crippen LogP contribution in [0.15, 0.2) is 22.3 Å². The van der Waals surface area contributed by atoms with Gasteiger partial charge in [0, 0.05) is 11.9 Å². The number of thiophene rings is 1. The van der Waals surface area contributed by atoms with Crippen LogP contribution >= 0.6 is 11.3 Å². The maximum Gasteiger partial charge on any atom is 0.291 e. The molecular formula is C14H16N4O2S. The quantitative estimate of drug-likeness (QED) is 0.795. The van der Waals surface area contributed by atoms with Crippen molar-refractivity contribution in [2.24, 2.45) is 0 Å². The lowest BCUT2D eigenvalue weighted by atomic mass is 10.4. The third-order valence-corrected chi connectivity index (χ3v) is 4.23. The molecule has 6 nitrogen and oxygen atoms in total. The van der Waals surface area contributed by atoms with Crippen molar-refractivity contribution in [2.45, 2.75) is 26.8 Å². The molecule has 0 aliphatic carbocycles. The molecule has 7 heteroatoms. The summed E-state index contributed by atoms with van der Waals surface area (Å²) in [5.74, 6) is 0.508. The van der Waals surface area contributed by atoms with E-state index in [1.54, 1.807) is 11.3 Å². The highest BCUT2D eigenvalue weighted by Crippen LogP contribution is 2.24. The molecule has 0 unspecified atom stereocenters. The van der Waals surface area contributed by atoms with Gasteiger partial charge >= 0.3 is 0 Å². The van der Waals surface area contributed by atoms with Crippen LogP contribution in [0.4, 0.5) is 0 Å². The van der Waals surface area contributed by atoms with Crippen molar-refractivity contribution in [1.29, 1.82) is 0 Å². The molecule has 0 bridgehead atoms. The molecule has 3 aromatic rings. The van der Waals surface area contributed by atoms with E-state index in [1.807, 2.05) is 35.8 Å². The van der Waals surface area contributed by atoms with E-state index in [4.69, 9.17) is 0 Å². The number of fused-ring (bicyclic) bond motifs is 3. The number of hydrogen-bond donors (Lipinski definition) is 1. The molecule has 0 aliphatic rings. The second-order valence-electron chi connectivity index (χ2n) is 4.91. The summed E-state index contributed by atoms with van der Waals surface area (Å²) >= 11 is 1.57. The predicted molar refractivity (Wildman–Crippen MR) is 82.9 cm³/mol. The third-order valence-electron chi connectivity index (χ3n) is 3.32. The number of rotatable bonds is 4. The maximum absolute atomic E-state index is 12.5. The summed E-state index contributed by atoms with van der Waals surface area (Å²) in [6.07, 6.45) is 0.862. The Hall–Kier alpha value is -2.15. The van der Waals surface area contributed by atoms with Crippen LogP contribution in [0.2, 0.25) is 0 Å². The molecule has 3 heterocycles. The normalized spacial score (nSPS) is 11.3. The molecule has 0 aliphatic heterocycles. The fourth-order valence-electron chi connectivity index (χ4n) is 2.36. The molecule has 0 saturated heterocycles. The second kappa shape index (κ2) is 5.33. The highest BCUT2D eigenvalue weighted by molar-refractivity contribution is 7.16. The van der Waals surface area contributed by atoms with Crippen LogP contribution < -0.4 is 10.9 Å². The van der Waals surface area contributed by atoms with Crippen molar-refractivity contribution in [3.63, 3.8) is 0 Å². The number of aryl methyl sites for hydroxylation is 1. The van der Waals surface area contributed by atoms with Crippen LogP contribution in [-0.4, -0.2) is 26.6 Å². The third kappa shape index (κ3) is 2.33. The van der Waals surface area contributed by atoms with Gasteiger partial charge in [-0.3, -0.25) is 14.0 Å². The number of nitrogens with zero attached hydrogens (tertiary/aromatic N) is 3. The lowest BCUT2D eigenvalue weighted by molar-refractivity contribution is -0.121. The van der Waals surface area contributed by atoms with Crippen molar-refractivity contribution >= 4 is 33.0 Å². The van der Waals surface area contributed by atoms with E-state index in [-0.39, 0.29) is 18.0 Å². The van der Waals surface area contributed by atoms with Crippen molar-refractivity contribution in [3.05, 3.63) is 33.7 Å². The Bertz CT molecular complexity index is 874. The zero-order valence-electron chi connectivity index (χ0n) is 11.9. The summed E-state index contributed by atoms with van der Waals surface area (Å²) < 4.78 is 3.09. The number of carbonyl (C=O) groups is 1. The minimum atomic E-state index is -0.240. The molecule has 3 aromatic heterocycles. The zero-order chi connectivity index (χ0) is 15.0. The van der Waals surface area contributed by atoms with Gasteiger partial charge in [0.25, 0.3) is 5.56 Å². The summed E-state index contributed by atoms with van der Waals surface area (Å²) in [6.45, 7) is 4.38. The first-order valence-corrected chi connectivity index (χ1v) is 7.73. The van der Waals surface area contributed by atoms with E-state index in [9.17, 15) is 9.59 Å². The van der Waals surface area contributed by atoms with E-state index in [0.717, 1.165) is 16.6 Å². The van der Waals surface area contributed by atoms with Crippen LogP contribution in [0.25, 0.3) is 15.7 Å². The average molecular weight is 304 g/mol. The van der Waals surface area contributed by atoms with E-state index in [1.165, 1.54) is 4.68 Å². The molecule has 0 fully saturated rings. The first kappa shape index (κ1) is 13.8. The van der Waals surface area contributed by atoms with Crippen molar-refractivity contribution in [1.82, 2.24) is 19.5 Å². The molecule has 110 valence electrons. The highest BCUT2D eigenvalue weighted by atomic mass is 32.1. The molecule has 1 amide bonds. The number of carbonyl (C=O) groups excluding carboxylic acids is 1. The summed E-state index contributed by atoms with van der Waals surface area (Å²) in [6, 6.07) is 3.83. The van der Waals surface area contributed by atoms with E-state index in [0.29, 0.717) is 17.9 Å². The zero-order valence-corrected chi connectivity index (χ0v) is 12.7. The van der Waals surface area contributed by atoms with Gasteiger partial charge in [0.05, 0.1) is 0 Å². The van der Waals surface area contributed by atoms with Crippen LogP contribution in [0.1, 0.15) is 19.2 Å². The van der Waals surface area contributed by atoms with Crippen LogP contribution in [0, 0.1) is 6.92 Å². The Kier molecular flexibility index (Phi) is 3.50. The summed E-state index contributed by atoms with van der Waals surface area (Å²) in [5, 5.41) is 10.0. The Labute approximate surface area is 125 Å². The fraction of sp³-hybridized carbons (Fsp3) is 0.357. The van der Waals surface area contributed by atoms with Gasteiger partial charge in [-0.05, 0) is 30.9 Å². The molecule has 0 atom stereocenters. The number of aromatic nitrogens is 3. The molecule has 0 spiro atoms. The van der Waals surface area contributed by atoms with Gasteiger partial charge in [0.15, 0.2) is 0 Å². The molecule has 0 radical (unpaired) electrons. The Morgan fingerprint density at radius 1 is 1.48 bits per heavy atom. The van der Waals surface area contributed by atoms with Gasteiger partial charge in [-0.25, -0.2) is 4.68 Å². The molecule has 21 heavy (non-hydrogen) atoms. The van der Waals surface area contributed by atoms with Gasteiger partial charge < -0.3 is 5.32 Å². The van der Waals surface area contributed by atoms with Gasteiger partial charge in [-0.2, -0.15) is 5.10 Å². The SMILES string of the molecule is CCCNC(=O)Cn1nc(C)n2c(cc3ccsc32)c1=O. The first-order chi connectivity index (χ1) is 10.1. The number of hydrogen-bond acceptors (Lipinski definition) is 4. The fourth-order valence-corrected chi connectivity index (χ4v) is 3.31. The smallest absolute Gasteiger partial charge is 0.291 e. The highest BCUT2D eigenvalue weighted by Gasteiger charge is 2.14. The Balaban J connectivity index is 2.06. The van der Waals surface area contributed by atoms with E-state index in [2.05, 4.69) is 10.4 Å². The molecule has 3 rings (SSSR count). The summed E-state index contributed by atoms with van der Waals surface area (Å²) in [4.78, 5) is 25.2. The minimum Gasteiger partial charge on any atom is -0.355 e. The van der Waals surface area contributed by atoms with Gasteiger partial charge in [0.2, 0.25) is 5.91 Å². The maximum atomic E-state index is 12.5. The van der Waals surface area contributed by atoms with Crippen LogP contribution in [-0.2, 0) is 11.3 Å². The monoisotopic (exact) mass is 304 g/mol. The van der Waals surface area contributed by atoms with Gasteiger partial charge in [0.1, 0.15) is 22.7 Å². The summed E-state index contributed by atoms with van der Waals surface area (Å²) in [5.41, 5.74) is 0.322. The molecule has 0 saturated carbocycles. The number of nitrogens with one attached hydrogen (secondary N) is 1. The topological polar surface area (TPSA) is 68.4 Å². The first-order valence-electron chi connectivity index (χ1n) is 6.85. The Morgan fingerprint density at radius 3 is 3.05 bits per heavy atom. The number of amides is 1. The predicted octanol–water partition coefficient (Wildman–Crippen LogP) is 1.55. The van der Waals surface area contributed by atoms with Gasteiger partial charge in [-0.15, -0.1) is 11.3 Å². The summed E-state index contributed by atoms with van der Waals surface area (Å²) in [7, 11) is 0. The standard InChI is InChI=1S/C14H16N4O2S/c1-3-5-15-12(19)8-17-13(20)11-7-10-4-6-21-14(10)18(11)9(2)16-17/h4,6-7H,3,5,8H2,1-2H3,(H,15,19). The Morgan fingerprint density at radius 2 is 2.29 bits per heavy atom. The van der Waals surface area contributed by atoms with Crippen molar-refractivity contribution in [2.75, 3.05) is 6.54 Å². The van der Waals surface area contributed by atoms with Crippen LogP contribution in [0.5, 0.6) is 0 Å². The average Bonchev–Trinajstić information content (AvgIpc) is 3.02. The molecule has 0 aromatic carbocycles. The van der Waals surface area contributed by atoms with Crippen molar-refractivity contribution < 1.29 is 4.79 Å². The largest absolute Gasteiger partial charge is 0.355 e. The van der Waals surface area contributed by atoms with Crippen LogP contribution in [0.3, 0.4) is 0 Å². The van der Waals surface area contributed by atoms with Gasteiger partial charge in [-0.1, -0.05) is 6.92 Å². The van der Waals surface area contributed by atoms with Crippen molar-refractivity contribution in [3.8, 4) is 0 Å². The second-order valence-corrected chi connectivity index (χ2v) is 5.80. The van der Waals surface area contributed by atoms with E-state index >= 15 is 0 Å². The minimum absolute atomic E-state index is 0.0466. The molecule has 1 N–H and O–H groups in total.